The lowest BCUT2D eigenvalue weighted by atomic mass is 9.97. The summed E-state index contributed by atoms with van der Waals surface area (Å²) in [5.41, 5.74) is 2.52. The molecule has 0 saturated heterocycles. The van der Waals surface area contributed by atoms with Gasteiger partial charge in [-0.15, -0.1) is 0 Å². The Morgan fingerprint density at radius 2 is 1.71 bits per heavy atom. The van der Waals surface area contributed by atoms with Gasteiger partial charge in [-0.1, -0.05) is 18.2 Å². The fraction of sp³-hybridized carbons (Fsp3) is 0.273. The second-order valence-corrected chi connectivity index (χ2v) is 6.30. The van der Waals surface area contributed by atoms with Crippen molar-refractivity contribution in [3.05, 3.63) is 59.8 Å². The van der Waals surface area contributed by atoms with Gasteiger partial charge in [-0.25, -0.2) is 0 Å². The lowest BCUT2D eigenvalue weighted by Crippen LogP contribution is -2.26. The minimum absolute atomic E-state index is 0.0531. The fourth-order valence-corrected chi connectivity index (χ4v) is 2.72. The van der Waals surface area contributed by atoms with Gasteiger partial charge >= 0.3 is 0 Å². The first-order valence-corrected chi connectivity index (χ1v) is 8.75. The van der Waals surface area contributed by atoms with Crippen LogP contribution in [0.2, 0.25) is 0 Å². The Bertz CT molecular complexity index is 945. The van der Waals surface area contributed by atoms with Gasteiger partial charge in [-0.3, -0.25) is 0 Å². The summed E-state index contributed by atoms with van der Waals surface area (Å²) < 4.78 is 10.2. The van der Waals surface area contributed by atoms with Crippen LogP contribution >= 0.6 is 0 Å². The molecule has 6 heteroatoms. The Morgan fingerprint density at radius 1 is 1.07 bits per heavy atom. The quantitative estimate of drug-likeness (QED) is 0.432. The molecule has 0 aromatic heterocycles. The maximum atomic E-state index is 9.36. The third-order valence-electron chi connectivity index (χ3n) is 4.32. The highest BCUT2D eigenvalue weighted by atomic mass is 16.7. The van der Waals surface area contributed by atoms with Crippen LogP contribution in [0.4, 0.5) is 5.69 Å². The minimum Gasteiger partial charge on any atom is -0.386 e. The topological polar surface area (TPSA) is 81.3 Å². The Labute approximate surface area is 165 Å². The summed E-state index contributed by atoms with van der Waals surface area (Å²) in [6.45, 7) is 0.441. The molecule has 2 aromatic rings. The van der Waals surface area contributed by atoms with Crippen molar-refractivity contribution in [2.24, 2.45) is 0 Å². The van der Waals surface area contributed by atoms with Crippen LogP contribution in [0.15, 0.2) is 54.2 Å². The van der Waals surface area contributed by atoms with Crippen molar-refractivity contribution in [3.63, 3.8) is 0 Å². The molecule has 0 aliphatic carbocycles. The molecule has 0 amide bonds. The molecule has 0 fully saturated rings. The molecule has 2 aromatic carbocycles. The van der Waals surface area contributed by atoms with Crippen LogP contribution in [0.25, 0.3) is 16.3 Å². The Hall–Kier alpha value is -3.32. The number of hydrogen-bond donors (Lipinski definition) is 1. The summed E-state index contributed by atoms with van der Waals surface area (Å²) in [5, 5.41) is 23.9. The van der Waals surface area contributed by atoms with Gasteiger partial charge in [-0.05, 0) is 46.8 Å². The SMILES string of the molecule is COC(CNC=CC(=C(C#N)C#N)c1ccc2cc(N(C)C)ccc2c1)OC. The lowest BCUT2D eigenvalue weighted by Gasteiger charge is -2.14. The largest absolute Gasteiger partial charge is 0.386 e. The van der Waals surface area contributed by atoms with Gasteiger partial charge in [0.1, 0.15) is 17.7 Å². The molecule has 0 unspecified atom stereocenters. The van der Waals surface area contributed by atoms with E-state index < -0.39 is 0 Å². The van der Waals surface area contributed by atoms with Gasteiger partial charge in [0, 0.05) is 39.6 Å². The van der Waals surface area contributed by atoms with E-state index in [-0.39, 0.29) is 11.9 Å². The Balaban J connectivity index is 2.37. The van der Waals surface area contributed by atoms with Gasteiger partial charge in [0.25, 0.3) is 0 Å². The number of anilines is 1. The molecule has 6 nitrogen and oxygen atoms in total. The number of rotatable bonds is 8. The van der Waals surface area contributed by atoms with Crippen molar-refractivity contribution in [2.75, 3.05) is 39.8 Å². The number of nitrogens with zero attached hydrogens (tertiary/aromatic N) is 3. The molecule has 0 spiro atoms. The predicted molar refractivity (Wildman–Crippen MR) is 111 cm³/mol. The standard InChI is InChI=1S/C22H24N4O2/c1-26(2)20-8-7-16-11-18(6-5-17(16)12-20)21(19(13-23)14-24)9-10-25-15-22(27-3)28-4/h5-12,22,25H,15H2,1-4H3. The van der Waals surface area contributed by atoms with Crippen molar-refractivity contribution in [3.8, 4) is 12.1 Å². The number of hydrogen-bond acceptors (Lipinski definition) is 6. The summed E-state index contributed by atoms with van der Waals surface area (Å²) in [7, 11) is 7.12. The average molecular weight is 376 g/mol. The Kier molecular flexibility index (Phi) is 7.59. The van der Waals surface area contributed by atoms with Crippen molar-refractivity contribution >= 4 is 22.0 Å². The van der Waals surface area contributed by atoms with E-state index in [9.17, 15) is 10.5 Å². The minimum atomic E-state index is -0.380. The van der Waals surface area contributed by atoms with Gasteiger partial charge in [0.2, 0.25) is 0 Å². The molecular weight excluding hydrogens is 352 g/mol. The summed E-state index contributed by atoms with van der Waals surface area (Å²) in [6, 6.07) is 16.0. The Morgan fingerprint density at radius 3 is 2.32 bits per heavy atom. The second-order valence-electron chi connectivity index (χ2n) is 6.30. The second kappa shape index (κ2) is 10.1. The molecule has 2 rings (SSSR count). The van der Waals surface area contributed by atoms with Crippen LogP contribution in [0.3, 0.4) is 0 Å². The summed E-state index contributed by atoms with van der Waals surface area (Å²) in [4.78, 5) is 2.05. The number of methoxy groups -OCH3 is 2. The summed E-state index contributed by atoms with van der Waals surface area (Å²) in [6.07, 6.45) is 3.03. The van der Waals surface area contributed by atoms with E-state index >= 15 is 0 Å². The van der Waals surface area contributed by atoms with E-state index in [0.29, 0.717) is 12.1 Å². The van der Waals surface area contributed by atoms with E-state index in [4.69, 9.17) is 9.47 Å². The van der Waals surface area contributed by atoms with E-state index in [2.05, 4.69) is 11.4 Å². The smallest absolute Gasteiger partial charge is 0.173 e. The molecule has 0 aliphatic heterocycles. The first kappa shape index (κ1) is 21.0. The van der Waals surface area contributed by atoms with Crippen LogP contribution in [0, 0.1) is 22.7 Å². The summed E-state index contributed by atoms with van der Waals surface area (Å²) in [5.74, 6) is 0. The maximum absolute atomic E-state index is 9.36. The monoisotopic (exact) mass is 376 g/mol. The lowest BCUT2D eigenvalue weighted by molar-refractivity contribution is -0.0972. The van der Waals surface area contributed by atoms with E-state index in [0.717, 1.165) is 22.0 Å². The molecule has 0 atom stereocenters. The zero-order chi connectivity index (χ0) is 20.5. The fourth-order valence-electron chi connectivity index (χ4n) is 2.72. The van der Waals surface area contributed by atoms with Gasteiger partial charge in [-0.2, -0.15) is 10.5 Å². The summed E-state index contributed by atoms with van der Waals surface area (Å²) >= 11 is 0. The molecule has 144 valence electrons. The molecular formula is C22H24N4O2. The van der Waals surface area contributed by atoms with Gasteiger partial charge in [0.05, 0.1) is 6.54 Å². The zero-order valence-corrected chi connectivity index (χ0v) is 16.6. The van der Waals surface area contributed by atoms with Crippen LogP contribution < -0.4 is 10.2 Å². The van der Waals surface area contributed by atoms with Crippen LogP contribution in [-0.4, -0.2) is 41.1 Å². The van der Waals surface area contributed by atoms with Crippen molar-refractivity contribution in [1.82, 2.24) is 5.32 Å². The number of nitrogens with one attached hydrogen (secondary N) is 1. The number of fused-ring (bicyclic) bond motifs is 1. The third kappa shape index (κ3) is 5.11. The average Bonchev–Trinajstić information content (AvgIpc) is 2.72. The third-order valence-corrected chi connectivity index (χ3v) is 4.32. The predicted octanol–water partition coefficient (Wildman–Crippen LogP) is 3.43. The molecule has 0 saturated carbocycles. The van der Waals surface area contributed by atoms with E-state index in [1.165, 1.54) is 0 Å². The molecule has 0 heterocycles. The highest BCUT2D eigenvalue weighted by Crippen LogP contribution is 2.27. The molecule has 28 heavy (non-hydrogen) atoms. The molecule has 1 N–H and O–H groups in total. The maximum Gasteiger partial charge on any atom is 0.173 e. The first-order chi connectivity index (χ1) is 13.5. The van der Waals surface area contributed by atoms with Crippen LogP contribution in [-0.2, 0) is 9.47 Å². The first-order valence-electron chi connectivity index (χ1n) is 8.75. The number of ether oxygens (including phenoxy) is 2. The van der Waals surface area contributed by atoms with Crippen molar-refractivity contribution < 1.29 is 9.47 Å². The van der Waals surface area contributed by atoms with Crippen LogP contribution in [0.5, 0.6) is 0 Å². The zero-order valence-electron chi connectivity index (χ0n) is 16.6. The molecule has 0 bridgehead atoms. The van der Waals surface area contributed by atoms with E-state index in [1.807, 2.05) is 61.5 Å². The number of allylic oxidation sites excluding steroid dienone is 3. The molecule has 0 radical (unpaired) electrons. The van der Waals surface area contributed by atoms with Crippen LogP contribution in [0.1, 0.15) is 5.56 Å². The van der Waals surface area contributed by atoms with Gasteiger partial charge < -0.3 is 19.7 Å². The van der Waals surface area contributed by atoms with E-state index in [1.54, 1.807) is 26.5 Å². The van der Waals surface area contributed by atoms with Crippen molar-refractivity contribution in [1.29, 1.82) is 10.5 Å². The normalized spacial score (nSPS) is 10.7. The highest BCUT2D eigenvalue weighted by Gasteiger charge is 2.09. The van der Waals surface area contributed by atoms with Gasteiger partial charge in [0.15, 0.2) is 6.29 Å². The highest BCUT2D eigenvalue weighted by molar-refractivity contribution is 5.91. The number of benzene rings is 2. The van der Waals surface area contributed by atoms with Crippen molar-refractivity contribution in [2.45, 2.75) is 6.29 Å². The molecule has 0 aliphatic rings. The number of nitriles is 2.